The number of alkyl halides is 1. The van der Waals surface area contributed by atoms with E-state index >= 15 is 0 Å². The van der Waals surface area contributed by atoms with Crippen LogP contribution in [0.3, 0.4) is 0 Å². The Kier molecular flexibility index (Phi) is 4.32. The summed E-state index contributed by atoms with van der Waals surface area (Å²) < 4.78 is 5.70. The molecule has 0 amide bonds. The first kappa shape index (κ1) is 10.3. The first-order chi connectivity index (χ1) is 5.74. The molecule has 1 aliphatic heterocycles. The van der Waals surface area contributed by atoms with Gasteiger partial charge in [0.15, 0.2) is 0 Å². The summed E-state index contributed by atoms with van der Waals surface area (Å²) in [4.78, 5) is 10.8. The van der Waals surface area contributed by atoms with Gasteiger partial charge in [-0.2, -0.15) is 0 Å². The standard InChI is InChI=1S/C9H15IO2/c1-2-3-4-7(10)8-5-6-9(11)12-8/h7-8H,2-6H2,1H3. The molecule has 1 fully saturated rings. The minimum absolute atomic E-state index is 0.0156. The smallest absolute Gasteiger partial charge is 0.306 e. The van der Waals surface area contributed by atoms with Crippen LogP contribution in [0.15, 0.2) is 0 Å². The third-order valence-corrected chi connectivity index (χ3v) is 3.58. The largest absolute Gasteiger partial charge is 0.461 e. The highest BCUT2D eigenvalue weighted by atomic mass is 127. The van der Waals surface area contributed by atoms with Crippen molar-refractivity contribution in [2.24, 2.45) is 0 Å². The second-order valence-electron chi connectivity index (χ2n) is 3.23. The van der Waals surface area contributed by atoms with Gasteiger partial charge < -0.3 is 4.74 Å². The van der Waals surface area contributed by atoms with Gasteiger partial charge in [-0.1, -0.05) is 42.4 Å². The molecule has 0 N–H and O–H groups in total. The summed E-state index contributed by atoms with van der Waals surface area (Å²) in [6, 6.07) is 0. The zero-order valence-corrected chi connectivity index (χ0v) is 9.54. The molecular formula is C9H15IO2. The van der Waals surface area contributed by atoms with Gasteiger partial charge in [-0.05, 0) is 12.8 Å². The van der Waals surface area contributed by atoms with Crippen LogP contribution in [0.1, 0.15) is 39.0 Å². The number of carbonyl (C=O) groups excluding carboxylic acids is 1. The third kappa shape index (κ3) is 2.92. The van der Waals surface area contributed by atoms with Crippen molar-refractivity contribution in [1.29, 1.82) is 0 Å². The molecule has 70 valence electrons. The molecule has 1 heterocycles. The van der Waals surface area contributed by atoms with Crippen LogP contribution >= 0.6 is 22.6 Å². The van der Waals surface area contributed by atoms with E-state index in [0.29, 0.717) is 10.3 Å². The number of carbonyl (C=O) groups is 1. The average Bonchev–Trinajstić information content (AvgIpc) is 2.47. The van der Waals surface area contributed by atoms with Gasteiger partial charge in [0, 0.05) is 10.3 Å². The number of cyclic esters (lactones) is 1. The van der Waals surface area contributed by atoms with E-state index in [1.165, 1.54) is 19.3 Å². The highest BCUT2D eigenvalue weighted by Gasteiger charge is 2.28. The number of halogens is 1. The zero-order chi connectivity index (χ0) is 8.97. The molecule has 1 aliphatic rings. The van der Waals surface area contributed by atoms with Gasteiger partial charge in [0.25, 0.3) is 0 Å². The number of unbranched alkanes of at least 4 members (excludes halogenated alkanes) is 1. The van der Waals surface area contributed by atoms with E-state index in [9.17, 15) is 4.79 Å². The van der Waals surface area contributed by atoms with Gasteiger partial charge in [-0.15, -0.1) is 0 Å². The summed E-state index contributed by atoms with van der Waals surface area (Å²) >= 11 is 2.40. The van der Waals surface area contributed by atoms with Crippen LogP contribution in [-0.2, 0) is 9.53 Å². The Hall–Kier alpha value is 0.200. The van der Waals surface area contributed by atoms with Gasteiger partial charge in [0.05, 0.1) is 0 Å². The summed E-state index contributed by atoms with van der Waals surface area (Å²) in [5, 5.41) is 0. The van der Waals surface area contributed by atoms with Gasteiger partial charge in [-0.25, -0.2) is 0 Å². The Labute approximate surface area is 87.2 Å². The fraction of sp³-hybridized carbons (Fsp3) is 0.889. The first-order valence-corrected chi connectivity index (χ1v) is 5.82. The lowest BCUT2D eigenvalue weighted by atomic mass is 10.1. The van der Waals surface area contributed by atoms with Crippen LogP contribution in [0.25, 0.3) is 0 Å². The van der Waals surface area contributed by atoms with Crippen LogP contribution in [0.4, 0.5) is 0 Å². The van der Waals surface area contributed by atoms with Crippen LogP contribution in [-0.4, -0.2) is 16.0 Å². The highest BCUT2D eigenvalue weighted by molar-refractivity contribution is 14.1. The quantitative estimate of drug-likeness (QED) is 0.450. The van der Waals surface area contributed by atoms with Gasteiger partial charge in [0.2, 0.25) is 0 Å². The maximum Gasteiger partial charge on any atom is 0.306 e. The topological polar surface area (TPSA) is 26.3 Å². The zero-order valence-electron chi connectivity index (χ0n) is 7.38. The van der Waals surface area contributed by atoms with Crippen LogP contribution in [0.5, 0.6) is 0 Å². The number of rotatable bonds is 4. The lowest BCUT2D eigenvalue weighted by Crippen LogP contribution is -2.19. The molecule has 2 atom stereocenters. The van der Waals surface area contributed by atoms with Crippen molar-refractivity contribution < 1.29 is 9.53 Å². The SMILES string of the molecule is CCCCC(I)C1CCC(=O)O1. The van der Waals surface area contributed by atoms with E-state index in [0.717, 1.165) is 6.42 Å². The molecule has 1 rings (SSSR count). The van der Waals surface area contributed by atoms with E-state index in [1.807, 2.05) is 0 Å². The fourth-order valence-corrected chi connectivity index (χ4v) is 2.33. The van der Waals surface area contributed by atoms with Gasteiger partial charge in [-0.3, -0.25) is 4.79 Å². The summed E-state index contributed by atoms with van der Waals surface area (Å²) in [7, 11) is 0. The molecule has 2 unspecified atom stereocenters. The lowest BCUT2D eigenvalue weighted by molar-refractivity contribution is -0.141. The minimum atomic E-state index is -0.0156. The Morgan fingerprint density at radius 2 is 2.50 bits per heavy atom. The maximum atomic E-state index is 10.8. The second kappa shape index (κ2) is 5.04. The predicted octanol–water partition coefficient (Wildman–Crippen LogP) is 2.69. The molecule has 0 radical (unpaired) electrons. The molecule has 0 aromatic rings. The Morgan fingerprint density at radius 1 is 1.75 bits per heavy atom. The molecule has 1 saturated heterocycles. The average molecular weight is 282 g/mol. The summed E-state index contributed by atoms with van der Waals surface area (Å²) in [6.07, 6.45) is 5.38. The van der Waals surface area contributed by atoms with Crippen LogP contribution < -0.4 is 0 Å². The van der Waals surface area contributed by atoms with Crippen molar-refractivity contribution in [3.8, 4) is 0 Å². The minimum Gasteiger partial charge on any atom is -0.461 e. The highest BCUT2D eigenvalue weighted by Crippen LogP contribution is 2.25. The Balaban J connectivity index is 2.23. The van der Waals surface area contributed by atoms with Crippen molar-refractivity contribution in [2.45, 2.75) is 49.1 Å². The van der Waals surface area contributed by atoms with Crippen molar-refractivity contribution >= 4 is 28.6 Å². The Morgan fingerprint density at radius 3 is 3.00 bits per heavy atom. The number of hydrogen-bond acceptors (Lipinski definition) is 2. The molecule has 0 aromatic heterocycles. The number of ether oxygens (including phenoxy) is 1. The van der Waals surface area contributed by atoms with Crippen LogP contribution in [0, 0.1) is 0 Å². The third-order valence-electron chi connectivity index (χ3n) is 2.15. The normalized spacial score (nSPS) is 25.5. The Bertz CT molecular complexity index is 159. The lowest BCUT2D eigenvalue weighted by Gasteiger charge is -2.15. The molecular weight excluding hydrogens is 267 g/mol. The molecule has 0 aliphatic carbocycles. The van der Waals surface area contributed by atoms with Crippen LogP contribution in [0.2, 0.25) is 0 Å². The summed E-state index contributed by atoms with van der Waals surface area (Å²) in [5.41, 5.74) is 0. The molecule has 0 spiro atoms. The summed E-state index contributed by atoms with van der Waals surface area (Å²) in [5.74, 6) is -0.0156. The second-order valence-corrected chi connectivity index (χ2v) is 4.83. The molecule has 0 saturated carbocycles. The number of hydrogen-bond donors (Lipinski definition) is 0. The van der Waals surface area contributed by atoms with E-state index < -0.39 is 0 Å². The molecule has 2 nitrogen and oxygen atoms in total. The van der Waals surface area contributed by atoms with Crippen molar-refractivity contribution in [3.05, 3.63) is 0 Å². The van der Waals surface area contributed by atoms with Crippen molar-refractivity contribution in [1.82, 2.24) is 0 Å². The predicted molar refractivity (Wildman–Crippen MR) is 56.4 cm³/mol. The van der Waals surface area contributed by atoms with Crippen molar-refractivity contribution in [2.75, 3.05) is 0 Å². The molecule has 0 bridgehead atoms. The molecule has 12 heavy (non-hydrogen) atoms. The van der Waals surface area contributed by atoms with E-state index in [-0.39, 0.29) is 12.1 Å². The monoisotopic (exact) mass is 282 g/mol. The number of esters is 1. The maximum absolute atomic E-state index is 10.8. The molecule has 3 heteroatoms. The van der Waals surface area contributed by atoms with Gasteiger partial charge >= 0.3 is 5.97 Å². The van der Waals surface area contributed by atoms with E-state index in [1.54, 1.807) is 0 Å². The summed E-state index contributed by atoms with van der Waals surface area (Å²) in [6.45, 7) is 2.18. The molecule has 0 aromatic carbocycles. The fourth-order valence-electron chi connectivity index (χ4n) is 1.39. The van der Waals surface area contributed by atoms with Crippen molar-refractivity contribution in [3.63, 3.8) is 0 Å². The van der Waals surface area contributed by atoms with E-state index in [2.05, 4.69) is 29.5 Å². The van der Waals surface area contributed by atoms with E-state index in [4.69, 9.17) is 4.74 Å². The first-order valence-electron chi connectivity index (χ1n) is 4.57. The van der Waals surface area contributed by atoms with Gasteiger partial charge in [0.1, 0.15) is 6.10 Å².